The third-order valence-corrected chi connectivity index (χ3v) is 6.18. The average molecular weight is 367 g/mol. The zero-order valence-electron chi connectivity index (χ0n) is 15.2. The molecule has 0 saturated heterocycles. The highest BCUT2D eigenvalue weighted by molar-refractivity contribution is 7.16. The van der Waals surface area contributed by atoms with Crippen LogP contribution in [0.3, 0.4) is 0 Å². The molecule has 1 aromatic carbocycles. The number of hydrogen-bond acceptors (Lipinski definition) is 5. The summed E-state index contributed by atoms with van der Waals surface area (Å²) in [4.78, 5) is 16.1. The molecule has 2 aromatic rings. The monoisotopic (exact) mass is 367 g/mol. The summed E-state index contributed by atoms with van der Waals surface area (Å²) in [6, 6.07) is 8.57. The van der Waals surface area contributed by atoms with E-state index in [1.165, 1.54) is 17.0 Å². The highest BCUT2D eigenvalue weighted by atomic mass is 32.1. The van der Waals surface area contributed by atoms with Crippen LogP contribution in [-0.4, -0.2) is 11.1 Å². The van der Waals surface area contributed by atoms with Crippen molar-refractivity contribution in [1.82, 2.24) is 0 Å². The van der Waals surface area contributed by atoms with E-state index in [1.807, 2.05) is 0 Å². The zero-order valence-corrected chi connectivity index (χ0v) is 16.0. The number of nitro benzene ring substituents is 1. The van der Waals surface area contributed by atoms with Crippen molar-refractivity contribution < 1.29 is 4.92 Å². The molecule has 5 nitrogen and oxygen atoms in total. The molecule has 1 aromatic heterocycles. The Bertz CT molecular complexity index is 899. The van der Waals surface area contributed by atoms with Gasteiger partial charge in [0.15, 0.2) is 0 Å². The Kier molecular flexibility index (Phi) is 4.92. The standard InChI is InChI=1S/C20H21N3O2S/c1-20(2,3)14-6-9-16-17(11-21)19(26-18(16)10-14)22-12-13-4-7-15(8-5-13)23(24)25/h4-5,7-8,12,14H,6,9-10H2,1-3H3/t14-/m0/s1. The van der Waals surface area contributed by atoms with Crippen LogP contribution in [0.5, 0.6) is 0 Å². The number of aliphatic imine (C=N–C) groups is 1. The molecule has 0 unspecified atom stereocenters. The summed E-state index contributed by atoms with van der Waals surface area (Å²) in [5.41, 5.74) is 2.94. The Morgan fingerprint density at radius 1 is 1.35 bits per heavy atom. The second kappa shape index (κ2) is 7.00. The summed E-state index contributed by atoms with van der Waals surface area (Å²) in [6.45, 7) is 6.82. The van der Waals surface area contributed by atoms with Crippen LogP contribution in [0.15, 0.2) is 29.3 Å². The second-order valence-corrected chi connectivity index (χ2v) is 8.79. The predicted octanol–water partition coefficient (Wildman–Crippen LogP) is 5.43. The van der Waals surface area contributed by atoms with E-state index in [0.29, 0.717) is 11.5 Å². The van der Waals surface area contributed by atoms with Crippen molar-refractivity contribution in [2.45, 2.75) is 40.0 Å². The minimum Gasteiger partial charge on any atom is -0.258 e. The third kappa shape index (κ3) is 3.68. The first-order chi connectivity index (χ1) is 12.3. The number of thiophene rings is 1. The lowest BCUT2D eigenvalue weighted by atomic mass is 9.72. The van der Waals surface area contributed by atoms with Crippen LogP contribution in [0.4, 0.5) is 10.7 Å². The van der Waals surface area contributed by atoms with Gasteiger partial charge in [0.1, 0.15) is 11.1 Å². The Morgan fingerprint density at radius 3 is 2.62 bits per heavy atom. The van der Waals surface area contributed by atoms with E-state index in [-0.39, 0.29) is 11.1 Å². The summed E-state index contributed by atoms with van der Waals surface area (Å²) in [6.07, 6.45) is 4.71. The summed E-state index contributed by atoms with van der Waals surface area (Å²) in [7, 11) is 0. The molecule has 1 heterocycles. The lowest BCUT2D eigenvalue weighted by Gasteiger charge is -2.33. The fraction of sp³-hybridized carbons (Fsp3) is 0.400. The molecule has 0 spiro atoms. The minimum atomic E-state index is -0.423. The van der Waals surface area contributed by atoms with E-state index in [9.17, 15) is 15.4 Å². The Hall–Kier alpha value is -2.52. The minimum absolute atomic E-state index is 0.0553. The van der Waals surface area contributed by atoms with Crippen LogP contribution in [0.25, 0.3) is 0 Å². The lowest BCUT2D eigenvalue weighted by molar-refractivity contribution is -0.384. The Morgan fingerprint density at radius 2 is 2.04 bits per heavy atom. The van der Waals surface area contributed by atoms with Gasteiger partial charge in [0.05, 0.1) is 10.5 Å². The molecule has 0 bridgehead atoms. The van der Waals surface area contributed by atoms with Gasteiger partial charge in [-0.1, -0.05) is 20.8 Å². The van der Waals surface area contributed by atoms with Gasteiger partial charge in [0.2, 0.25) is 0 Å². The topological polar surface area (TPSA) is 79.3 Å². The highest BCUT2D eigenvalue weighted by Gasteiger charge is 2.32. The quantitative estimate of drug-likeness (QED) is 0.412. The number of benzene rings is 1. The molecule has 1 atom stereocenters. The van der Waals surface area contributed by atoms with Crippen LogP contribution in [0.2, 0.25) is 0 Å². The van der Waals surface area contributed by atoms with Gasteiger partial charge in [-0.25, -0.2) is 4.99 Å². The first-order valence-corrected chi connectivity index (χ1v) is 9.44. The summed E-state index contributed by atoms with van der Waals surface area (Å²) in [5, 5.41) is 21.1. The van der Waals surface area contributed by atoms with E-state index >= 15 is 0 Å². The number of nitro groups is 1. The molecule has 0 saturated carbocycles. The van der Waals surface area contributed by atoms with Crippen molar-refractivity contribution in [3.8, 4) is 6.07 Å². The number of nitrogens with zero attached hydrogens (tertiary/aromatic N) is 3. The van der Waals surface area contributed by atoms with Gasteiger partial charge in [-0.3, -0.25) is 10.1 Å². The molecule has 6 heteroatoms. The van der Waals surface area contributed by atoms with Crippen molar-refractivity contribution in [1.29, 1.82) is 5.26 Å². The van der Waals surface area contributed by atoms with E-state index in [0.717, 1.165) is 35.4 Å². The van der Waals surface area contributed by atoms with Gasteiger partial charge in [-0.2, -0.15) is 5.26 Å². The Balaban J connectivity index is 1.86. The zero-order chi connectivity index (χ0) is 18.9. The van der Waals surface area contributed by atoms with Gasteiger partial charge in [-0.05, 0) is 53.9 Å². The van der Waals surface area contributed by atoms with Crippen LogP contribution in [-0.2, 0) is 12.8 Å². The molecule has 0 amide bonds. The molecule has 0 aliphatic heterocycles. The molecule has 3 rings (SSSR count). The van der Waals surface area contributed by atoms with Crippen LogP contribution >= 0.6 is 11.3 Å². The van der Waals surface area contributed by atoms with Gasteiger partial charge < -0.3 is 0 Å². The molecule has 1 aliphatic rings. The van der Waals surface area contributed by atoms with Gasteiger partial charge in [-0.15, -0.1) is 11.3 Å². The maximum Gasteiger partial charge on any atom is 0.269 e. The maximum absolute atomic E-state index is 10.7. The SMILES string of the molecule is CC(C)(C)[C@H]1CCc2c(sc(N=Cc3ccc([N+](=O)[O-])cc3)c2C#N)C1. The normalized spacial score (nSPS) is 17.1. The number of non-ortho nitro benzene ring substituents is 1. The van der Waals surface area contributed by atoms with Crippen molar-refractivity contribution >= 4 is 28.2 Å². The van der Waals surface area contributed by atoms with Crippen LogP contribution in [0, 0.1) is 32.8 Å². The average Bonchev–Trinajstić information content (AvgIpc) is 2.96. The van der Waals surface area contributed by atoms with Crippen molar-refractivity contribution in [2.24, 2.45) is 16.3 Å². The van der Waals surface area contributed by atoms with E-state index < -0.39 is 4.92 Å². The molecule has 26 heavy (non-hydrogen) atoms. The summed E-state index contributed by atoms with van der Waals surface area (Å²) >= 11 is 1.61. The van der Waals surface area contributed by atoms with E-state index in [2.05, 4.69) is 31.8 Å². The predicted molar refractivity (Wildman–Crippen MR) is 104 cm³/mol. The van der Waals surface area contributed by atoms with Gasteiger partial charge in [0.25, 0.3) is 5.69 Å². The molecular formula is C20H21N3O2S. The summed E-state index contributed by atoms with van der Waals surface area (Å²) in [5.74, 6) is 0.617. The van der Waals surface area contributed by atoms with E-state index in [1.54, 1.807) is 29.7 Å². The van der Waals surface area contributed by atoms with Gasteiger partial charge in [0, 0.05) is 23.2 Å². The molecule has 0 radical (unpaired) electrons. The van der Waals surface area contributed by atoms with E-state index in [4.69, 9.17) is 0 Å². The molecule has 0 fully saturated rings. The first-order valence-electron chi connectivity index (χ1n) is 8.62. The number of fused-ring (bicyclic) bond motifs is 1. The molecule has 134 valence electrons. The first kappa shape index (κ1) is 18.3. The second-order valence-electron chi connectivity index (χ2n) is 7.71. The maximum atomic E-state index is 10.7. The molecule has 1 aliphatic carbocycles. The summed E-state index contributed by atoms with van der Waals surface area (Å²) < 4.78 is 0. The van der Waals surface area contributed by atoms with Crippen LogP contribution in [0.1, 0.15) is 48.8 Å². The van der Waals surface area contributed by atoms with Crippen molar-refractivity contribution in [2.75, 3.05) is 0 Å². The molecular weight excluding hydrogens is 346 g/mol. The van der Waals surface area contributed by atoms with Crippen molar-refractivity contribution in [3.05, 3.63) is 55.9 Å². The number of nitriles is 1. The highest BCUT2D eigenvalue weighted by Crippen LogP contribution is 2.44. The van der Waals surface area contributed by atoms with Crippen molar-refractivity contribution in [3.63, 3.8) is 0 Å². The number of rotatable bonds is 3. The van der Waals surface area contributed by atoms with Gasteiger partial charge >= 0.3 is 0 Å². The largest absolute Gasteiger partial charge is 0.269 e. The third-order valence-electron chi connectivity index (χ3n) is 5.02. The molecule has 0 N–H and O–H groups in total. The number of hydrogen-bond donors (Lipinski definition) is 0. The smallest absolute Gasteiger partial charge is 0.258 e. The van der Waals surface area contributed by atoms with Crippen LogP contribution < -0.4 is 0 Å². The Labute approximate surface area is 157 Å². The lowest BCUT2D eigenvalue weighted by Crippen LogP contribution is -2.26. The fourth-order valence-corrected chi connectivity index (χ4v) is 4.55. The fourth-order valence-electron chi connectivity index (χ4n) is 3.33.